The smallest absolute Gasteiger partial charge is 0.265 e. The minimum Gasteiger partial charge on any atom is -0.493 e. The molecular formula is C16H14F2N2O3. The van der Waals surface area contributed by atoms with Gasteiger partial charge in [-0.25, -0.2) is 13.8 Å². The van der Waals surface area contributed by atoms with Crippen molar-refractivity contribution in [2.75, 3.05) is 18.6 Å². The van der Waals surface area contributed by atoms with Gasteiger partial charge in [0.2, 0.25) is 5.88 Å². The molecule has 0 fully saturated rings. The summed E-state index contributed by atoms with van der Waals surface area (Å²) >= 11 is 0. The maximum Gasteiger partial charge on any atom is 0.265 e. The van der Waals surface area contributed by atoms with Crippen molar-refractivity contribution in [3.05, 3.63) is 47.7 Å². The first-order chi connectivity index (χ1) is 11.0. The van der Waals surface area contributed by atoms with E-state index in [2.05, 4.69) is 4.98 Å². The second-order valence-electron chi connectivity index (χ2n) is 5.11. The molecule has 1 aliphatic rings. The van der Waals surface area contributed by atoms with E-state index < -0.39 is 28.9 Å². The number of nitrogens with zero attached hydrogens (tertiary/aromatic N) is 2. The molecule has 1 atom stereocenters. The highest BCUT2D eigenvalue weighted by Gasteiger charge is 2.33. The van der Waals surface area contributed by atoms with Gasteiger partial charge in [0.1, 0.15) is 23.2 Å². The Labute approximate surface area is 131 Å². The quantitative estimate of drug-likeness (QED) is 0.854. The number of benzene rings is 1. The van der Waals surface area contributed by atoms with Gasteiger partial charge in [-0.1, -0.05) is 0 Å². The van der Waals surface area contributed by atoms with Crippen LogP contribution >= 0.6 is 0 Å². The summed E-state index contributed by atoms with van der Waals surface area (Å²) in [6.45, 7) is 1.95. The Morgan fingerprint density at radius 3 is 2.83 bits per heavy atom. The number of fused-ring (bicyclic) bond motifs is 1. The number of ether oxygens (including phenoxy) is 2. The number of carbonyl (C=O) groups is 1. The van der Waals surface area contributed by atoms with Crippen molar-refractivity contribution in [1.29, 1.82) is 0 Å². The highest BCUT2D eigenvalue weighted by atomic mass is 19.1. The van der Waals surface area contributed by atoms with E-state index in [0.29, 0.717) is 5.69 Å². The van der Waals surface area contributed by atoms with E-state index in [1.807, 2.05) is 0 Å². The van der Waals surface area contributed by atoms with Crippen LogP contribution in [0.25, 0.3) is 0 Å². The first-order valence-electron chi connectivity index (χ1n) is 6.98. The zero-order valence-corrected chi connectivity index (χ0v) is 12.5. The Balaban J connectivity index is 2.10. The van der Waals surface area contributed by atoms with Crippen LogP contribution in [0.5, 0.6) is 11.6 Å². The Kier molecular flexibility index (Phi) is 3.85. The SMILES string of the molecule is COc1c(F)ccc(F)c1C(=O)N1C[C@H](C)Oc2ncccc21. The maximum atomic E-state index is 14.2. The van der Waals surface area contributed by atoms with E-state index in [1.165, 1.54) is 18.2 Å². The second kappa shape index (κ2) is 5.83. The van der Waals surface area contributed by atoms with Gasteiger partial charge in [0.05, 0.1) is 13.7 Å². The number of anilines is 1. The van der Waals surface area contributed by atoms with Crippen LogP contribution in [0.3, 0.4) is 0 Å². The molecule has 23 heavy (non-hydrogen) atoms. The maximum absolute atomic E-state index is 14.2. The van der Waals surface area contributed by atoms with Crippen LogP contribution in [0.1, 0.15) is 17.3 Å². The zero-order chi connectivity index (χ0) is 16.6. The fraction of sp³-hybridized carbons (Fsp3) is 0.250. The van der Waals surface area contributed by atoms with Crippen LogP contribution in [0.2, 0.25) is 0 Å². The number of carbonyl (C=O) groups excluding carboxylic acids is 1. The fourth-order valence-corrected chi connectivity index (χ4v) is 2.52. The largest absolute Gasteiger partial charge is 0.493 e. The Morgan fingerprint density at radius 2 is 2.09 bits per heavy atom. The van der Waals surface area contributed by atoms with Crippen molar-refractivity contribution in [1.82, 2.24) is 4.98 Å². The molecule has 0 radical (unpaired) electrons. The molecule has 0 saturated heterocycles. The molecule has 1 aromatic carbocycles. The first kappa shape index (κ1) is 15.2. The molecule has 120 valence electrons. The Bertz CT molecular complexity index is 767. The summed E-state index contributed by atoms with van der Waals surface area (Å²) in [6.07, 6.45) is 1.20. The van der Waals surface area contributed by atoms with E-state index in [0.717, 1.165) is 12.1 Å². The standard InChI is InChI=1S/C16H14F2N2O3/c1-9-8-20(12-4-3-7-19-15(12)23-9)16(21)13-10(17)5-6-11(18)14(13)22-2/h3-7,9H,8H2,1-2H3/t9-/m0/s1. The lowest BCUT2D eigenvalue weighted by Gasteiger charge is -2.32. The number of aromatic nitrogens is 1. The van der Waals surface area contributed by atoms with E-state index in [-0.39, 0.29) is 18.5 Å². The van der Waals surface area contributed by atoms with Crippen molar-refractivity contribution in [2.24, 2.45) is 0 Å². The van der Waals surface area contributed by atoms with Crippen LogP contribution in [0.15, 0.2) is 30.5 Å². The van der Waals surface area contributed by atoms with Gasteiger partial charge >= 0.3 is 0 Å². The van der Waals surface area contributed by atoms with Gasteiger partial charge < -0.3 is 9.47 Å². The van der Waals surface area contributed by atoms with Gasteiger partial charge in [-0.3, -0.25) is 9.69 Å². The van der Waals surface area contributed by atoms with E-state index in [1.54, 1.807) is 19.1 Å². The van der Waals surface area contributed by atoms with Crippen molar-refractivity contribution in [3.8, 4) is 11.6 Å². The summed E-state index contributed by atoms with van der Waals surface area (Å²) < 4.78 is 38.4. The fourth-order valence-electron chi connectivity index (χ4n) is 2.52. The highest BCUT2D eigenvalue weighted by molar-refractivity contribution is 6.09. The lowest BCUT2D eigenvalue weighted by Crippen LogP contribution is -2.43. The topological polar surface area (TPSA) is 51.7 Å². The lowest BCUT2D eigenvalue weighted by molar-refractivity contribution is 0.0950. The zero-order valence-electron chi connectivity index (χ0n) is 12.5. The monoisotopic (exact) mass is 320 g/mol. The molecule has 5 nitrogen and oxygen atoms in total. The molecule has 0 unspecified atom stereocenters. The summed E-state index contributed by atoms with van der Waals surface area (Å²) in [4.78, 5) is 18.2. The lowest BCUT2D eigenvalue weighted by atomic mass is 10.1. The van der Waals surface area contributed by atoms with Crippen molar-refractivity contribution in [3.63, 3.8) is 0 Å². The number of hydrogen-bond donors (Lipinski definition) is 0. The summed E-state index contributed by atoms with van der Waals surface area (Å²) in [5.41, 5.74) is -0.0438. The summed E-state index contributed by atoms with van der Waals surface area (Å²) in [6, 6.07) is 5.09. The number of pyridine rings is 1. The Hall–Kier alpha value is -2.70. The molecule has 0 spiro atoms. The average Bonchev–Trinajstić information content (AvgIpc) is 2.55. The number of hydrogen-bond acceptors (Lipinski definition) is 4. The van der Waals surface area contributed by atoms with Gasteiger partial charge in [0.15, 0.2) is 11.6 Å². The van der Waals surface area contributed by atoms with Crippen molar-refractivity contribution < 1.29 is 23.0 Å². The molecular weight excluding hydrogens is 306 g/mol. The third kappa shape index (κ3) is 2.58. The number of halogens is 2. The normalized spacial score (nSPS) is 16.5. The van der Waals surface area contributed by atoms with Crippen LogP contribution < -0.4 is 14.4 Å². The van der Waals surface area contributed by atoms with Gasteiger partial charge in [0, 0.05) is 6.20 Å². The average molecular weight is 320 g/mol. The van der Waals surface area contributed by atoms with Crippen LogP contribution in [0, 0.1) is 11.6 Å². The van der Waals surface area contributed by atoms with Gasteiger partial charge in [-0.05, 0) is 31.2 Å². The van der Waals surface area contributed by atoms with Crippen LogP contribution in [-0.2, 0) is 0 Å². The predicted octanol–water partition coefficient (Wildman–Crippen LogP) is 2.80. The minimum atomic E-state index is -0.849. The van der Waals surface area contributed by atoms with E-state index in [4.69, 9.17) is 9.47 Å². The summed E-state index contributed by atoms with van der Waals surface area (Å²) in [7, 11) is 1.19. The van der Waals surface area contributed by atoms with Crippen LogP contribution in [-0.4, -0.2) is 30.6 Å². The molecule has 2 aromatic rings. The highest BCUT2D eigenvalue weighted by Crippen LogP contribution is 2.34. The molecule has 2 heterocycles. The third-order valence-corrected chi connectivity index (χ3v) is 3.52. The van der Waals surface area contributed by atoms with Crippen LogP contribution in [0.4, 0.5) is 14.5 Å². The second-order valence-corrected chi connectivity index (χ2v) is 5.11. The molecule has 7 heteroatoms. The summed E-state index contributed by atoms with van der Waals surface area (Å²) in [5.74, 6) is -2.50. The molecule has 1 amide bonds. The molecule has 3 rings (SSSR count). The summed E-state index contributed by atoms with van der Waals surface area (Å²) in [5, 5.41) is 0. The molecule has 0 aliphatic carbocycles. The first-order valence-corrected chi connectivity index (χ1v) is 6.98. The van der Waals surface area contributed by atoms with Gasteiger partial charge in [0.25, 0.3) is 5.91 Å². The van der Waals surface area contributed by atoms with Crippen molar-refractivity contribution in [2.45, 2.75) is 13.0 Å². The molecule has 1 aliphatic heterocycles. The minimum absolute atomic E-state index is 0.191. The third-order valence-electron chi connectivity index (χ3n) is 3.52. The number of rotatable bonds is 2. The van der Waals surface area contributed by atoms with E-state index >= 15 is 0 Å². The van der Waals surface area contributed by atoms with Gasteiger partial charge in [-0.15, -0.1) is 0 Å². The molecule has 0 saturated carbocycles. The molecule has 0 N–H and O–H groups in total. The van der Waals surface area contributed by atoms with E-state index in [9.17, 15) is 13.6 Å². The molecule has 0 bridgehead atoms. The number of amides is 1. The van der Waals surface area contributed by atoms with Gasteiger partial charge in [-0.2, -0.15) is 0 Å². The number of methoxy groups -OCH3 is 1. The Morgan fingerprint density at radius 1 is 1.35 bits per heavy atom. The van der Waals surface area contributed by atoms with Crippen molar-refractivity contribution >= 4 is 11.6 Å². The molecule has 1 aromatic heterocycles. The predicted molar refractivity (Wildman–Crippen MR) is 78.9 cm³/mol.